The summed E-state index contributed by atoms with van der Waals surface area (Å²) in [6.07, 6.45) is 2.73. The molecule has 0 aromatic heterocycles. The molecule has 3 rings (SSSR count). The van der Waals surface area contributed by atoms with Crippen LogP contribution in [0.3, 0.4) is 0 Å². The lowest BCUT2D eigenvalue weighted by atomic mass is 10.2. The van der Waals surface area contributed by atoms with E-state index < -0.39 is 0 Å². The van der Waals surface area contributed by atoms with Crippen LogP contribution in [0.4, 0.5) is 0 Å². The number of amides is 1. The van der Waals surface area contributed by atoms with Crippen molar-refractivity contribution in [1.82, 2.24) is 4.90 Å². The highest BCUT2D eigenvalue weighted by Crippen LogP contribution is 2.40. The Morgan fingerprint density at radius 3 is 2.88 bits per heavy atom. The molecule has 82 valence electrons. The van der Waals surface area contributed by atoms with E-state index in [1.165, 1.54) is 9.80 Å². The molecule has 2 heterocycles. The molecule has 0 radical (unpaired) electrons. The maximum atomic E-state index is 11.3. The van der Waals surface area contributed by atoms with Crippen LogP contribution in [0.5, 0.6) is 0 Å². The summed E-state index contributed by atoms with van der Waals surface area (Å²) in [5, 5.41) is 0.410. The molecular formula is C12H11NOS2. The van der Waals surface area contributed by atoms with Gasteiger partial charge in [0.1, 0.15) is 0 Å². The van der Waals surface area contributed by atoms with Crippen LogP contribution in [0.25, 0.3) is 0 Å². The third kappa shape index (κ3) is 1.87. The zero-order valence-electron chi connectivity index (χ0n) is 8.63. The summed E-state index contributed by atoms with van der Waals surface area (Å²) in [4.78, 5) is 15.7. The summed E-state index contributed by atoms with van der Waals surface area (Å²) in [7, 11) is 0. The van der Waals surface area contributed by atoms with Gasteiger partial charge in [0.25, 0.3) is 0 Å². The van der Waals surface area contributed by atoms with Gasteiger partial charge in [-0.3, -0.25) is 4.79 Å². The number of hydrogen-bond donors (Lipinski definition) is 0. The van der Waals surface area contributed by atoms with E-state index in [4.69, 9.17) is 0 Å². The number of rotatable bonds is 2. The number of carbonyl (C=O) groups is 1. The summed E-state index contributed by atoms with van der Waals surface area (Å²) < 4.78 is 0. The van der Waals surface area contributed by atoms with Gasteiger partial charge in [-0.05, 0) is 12.1 Å². The largest absolute Gasteiger partial charge is 0.305 e. The Labute approximate surface area is 103 Å². The smallest absolute Gasteiger partial charge is 0.230 e. The van der Waals surface area contributed by atoms with E-state index in [0.717, 1.165) is 5.75 Å². The monoisotopic (exact) mass is 249 g/mol. The number of benzene rings is 1. The van der Waals surface area contributed by atoms with Gasteiger partial charge in [-0.25, -0.2) is 0 Å². The zero-order chi connectivity index (χ0) is 11.0. The highest BCUT2D eigenvalue weighted by atomic mass is 32.2. The van der Waals surface area contributed by atoms with Crippen molar-refractivity contribution in [3.63, 3.8) is 0 Å². The molecule has 2 nitrogen and oxygen atoms in total. The maximum absolute atomic E-state index is 11.3. The van der Waals surface area contributed by atoms with Crippen LogP contribution in [0.2, 0.25) is 0 Å². The molecule has 0 unspecified atom stereocenters. The zero-order valence-corrected chi connectivity index (χ0v) is 10.3. The molecule has 1 amide bonds. The second kappa shape index (κ2) is 4.18. The van der Waals surface area contributed by atoms with Crippen molar-refractivity contribution in [2.24, 2.45) is 0 Å². The van der Waals surface area contributed by atoms with Crippen molar-refractivity contribution >= 4 is 29.4 Å². The first-order valence-electron chi connectivity index (χ1n) is 5.19. The molecule has 2 aliphatic rings. The molecule has 4 heteroatoms. The fraction of sp³-hybridized carbons (Fsp3) is 0.250. The van der Waals surface area contributed by atoms with E-state index >= 15 is 0 Å². The average molecular weight is 249 g/mol. The van der Waals surface area contributed by atoms with Gasteiger partial charge < -0.3 is 4.90 Å². The van der Waals surface area contributed by atoms with Crippen LogP contribution in [0.15, 0.2) is 46.3 Å². The summed E-state index contributed by atoms with van der Waals surface area (Å²) >= 11 is 3.61. The molecule has 1 saturated heterocycles. The Kier molecular flexibility index (Phi) is 2.69. The highest BCUT2D eigenvalue weighted by molar-refractivity contribution is 8.06. The predicted molar refractivity (Wildman–Crippen MR) is 68.1 cm³/mol. The number of thioether (sulfide) groups is 2. The van der Waals surface area contributed by atoms with Crippen molar-refractivity contribution in [3.05, 3.63) is 41.4 Å². The summed E-state index contributed by atoms with van der Waals surface area (Å²) in [5.41, 5.74) is 0. The minimum atomic E-state index is 0.253. The van der Waals surface area contributed by atoms with Gasteiger partial charge in [0.2, 0.25) is 5.91 Å². The lowest BCUT2D eigenvalue weighted by molar-refractivity contribution is -0.137. The van der Waals surface area contributed by atoms with Gasteiger partial charge >= 0.3 is 0 Å². The van der Waals surface area contributed by atoms with Crippen molar-refractivity contribution in [2.45, 2.75) is 16.7 Å². The average Bonchev–Trinajstić information content (AvgIpc) is 2.31. The van der Waals surface area contributed by atoms with Crippen LogP contribution >= 0.6 is 23.5 Å². The minimum Gasteiger partial charge on any atom is -0.305 e. The molecule has 2 aliphatic heterocycles. The molecule has 0 spiro atoms. The summed E-state index contributed by atoms with van der Waals surface area (Å²) in [6.45, 7) is 0. The van der Waals surface area contributed by atoms with Crippen LogP contribution in [0.1, 0.15) is 6.42 Å². The molecule has 16 heavy (non-hydrogen) atoms. The maximum Gasteiger partial charge on any atom is 0.230 e. The Morgan fingerprint density at radius 1 is 1.31 bits per heavy atom. The topological polar surface area (TPSA) is 20.3 Å². The molecule has 1 atom stereocenters. The molecule has 0 bridgehead atoms. The lowest BCUT2D eigenvalue weighted by Gasteiger charge is -2.40. The number of fused-ring (bicyclic) bond motifs is 1. The molecule has 1 fully saturated rings. The van der Waals surface area contributed by atoms with E-state index in [2.05, 4.69) is 12.1 Å². The molecule has 0 aliphatic carbocycles. The number of nitrogens with zero attached hydrogens (tertiary/aromatic N) is 1. The Balaban J connectivity index is 1.74. The fourth-order valence-corrected chi connectivity index (χ4v) is 3.99. The van der Waals surface area contributed by atoms with E-state index in [1.807, 2.05) is 41.1 Å². The van der Waals surface area contributed by atoms with E-state index in [1.54, 1.807) is 11.8 Å². The van der Waals surface area contributed by atoms with Gasteiger partial charge in [-0.1, -0.05) is 30.0 Å². The lowest BCUT2D eigenvalue weighted by Crippen LogP contribution is -2.48. The van der Waals surface area contributed by atoms with Gasteiger partial charge in [0, 0.05) is 21.8 Å². The van der Waals surface area contributed by atoms with Crippen molar-refractivity contribution in [1.29, 1.82) is 0 Å². The van der Waals surface area contributed by atoms with E-state index in [9.17, 15) is 4.79 Å². The Morgan fingerprint density at radius 2 is 2.12 bits per heavy atom. The first kappa shape index (κ1) is 10.3. The van der Waals surface area contributed by atoms with Crippen molar-refractivity contribution in [3.8, 4) is 0 Å². The number of β-lactam (4-membered cyclic amide) rings is 1. The first-order valence-corrected chi connectivity index (χ1v) is 7.06. The van der Waals surface area contributed by atoms with Crippen molar-refractivity contribution in [2.75, 3.05) is 5.75 Å². The van der Waals surface area contributed by atoms with Crippen LogP contribution in [0, 0.1) is 0 Å². The van der Waals surface area contributed by atoms with E-state index in [-0.39, 0.29) is 5.91 Å². The number of carbonyl (C=O) groups excluding carboxylic acids is 1. The van der Waals surface area contributed by atoms with Crippen LogP contribution in [-0.4, -0.2) is 21.9 Å². The standard InChI is InChI=1S/C12H11NOS2/c14-11-6-12-13(11)7-10(8-15-12)16-9-4-2-1-3-5-9/h1-5,7,12H,6,8H2/t12-/m1/s1. The predicted octanol–water partition coefficient (Wildman–Crippen LogP) is 2.93. The molecule has 1 aromatic carbocycles. The SMILES string of the molecule is O=C1C[C@H]2SCC(Sc3ccccc3)=CN12. The van der Waals surface area contributed by atoms with Gasteiger partial charge in [0.05, 0.1) is 11.8 Å². The summed E-state index contributed by atoms with van der Waals surface area (Å²) in [5.74, 6) is 1.27. The Bertz CT molecular complexity index is 444. The third-order valence-electron chi connectivity index (χ3n) is 2.64. The molecular weight excluding hydrogens is 238 g/mol. The first-order chi connectivity index (χ1) is 7.83. The second-order valence-electron chi connectivity index (χ2n) is 3.78. The molecule has 0 N–H and O–H groups in total. The fourth-order valence-electron chi connectivity index (χ4n) is 1.76. The summed E-state index contributed by atoms with van der Waals surface area (Å²) in [6, 6.07) is 10.3. The van der Waals surface area contributed by atoms with Gasteiger partial charge in [0.15, 0.2) is 0 Å². The van der Waals surface area contributed by atoms with Crippen LogP contribution < -0.4 is 0 Å². The Hall–Kier alpha value is -0.870. The molecule has 1 aromatic rings. The normalized spacial score (nSPS) is 23.5. The van der Waals surface area contributed by atoms with Crippen molar-refractivity contribution < 1.29 is 4.79 Å². The van der Waals surface area contributed by atoms with Crippen LogP contribution in [-0.2, 0) is 4.79 Å². The van der Waals surface area contributed by atoms with Gasteiger partial charge in [-0.15, -0.1) is 11.8 Å². The number of hydrogen-bond acceptors (Lipinski definition) is 3. The van der Waals surface area contributed by atoms with Gasteiger partial charge in [-0.2, -0.15) is 0 Å². The second-order valence-corrected chi connectivity index (χ2v) is 6.15. The highest BCUT2D eigenvalue weighted by Gasteiger charge is 2.37. The molecule has 0 saturated carbocycles. The van der Waals surface area contributed by atoms with E-state index in [0.29, 0.717) is 11.8 Å². The quantitative estimate of drug-likeness (QED) is 0.752. The third-order valence-corrected chi connectivity index (χ3v) is 5.10. The minimum absolute atomic E-state index is 0.253.